The number of amides is 2. The Kier molecular flexibility index (Phi) is 3.74. The predicted octanol–water partition coefficient (Wildman–Crippen LogP) is 2.22. The number of carbonyl (C=O) groups excluding carboxylic acids is 2. The van der Waals surface area contributed by atoms with E-state index in [0.717, 1.165) is 37.7 Å². The van der Waals surface area contributed by atoms with Gasteiger partial charge in [-0.3, -0.25) is 9.59 Å². The molecule has 1 aromatic rings. The molecule has 3 rings (SSSR count). The Balaban J connectivity index is 1.88. The van der Waals surface area contributed by atoms with Gasteiger partial charge in [0.05, 0.1) is 12.5 Å². The smallest absolute Gasteiger partial charge is 0.249 e. The van der Waals surface area contributed by atoms with Crippen LogP contribution >= 0.6 is 0 Å². The van der Waals surface area contributed by atoms with Gasteiger partial charge in [0.1, 0.15) is 11.6 Å². The molecule has 1 saturated carbocycles. The van der Waals surface area contributed by atoms with Gasteiger partial charge in [-0.1, -0.05) is 26.2 Å². The zero-order chi connectivity index (χ0) is 14.9. The Bertz CT molecular complexity index is 518. The molecule has 1 N–H and O–H groups in total. The van der Waals surface area contributed by atoms with E-state index in [1.54, 1.807) is 17.4 Å². The molecular weight excluding hydrogens is 268 g/mol. The third-order valence-corrected chi connectivity index (χ3v) is 4.74. The van der Waals surface area contributed by atoms with Crippen LogP contribution in [0.4, 0.5) is 0 Å². The lowest BCUT2D eigenvalue weighted by molar-refractivity contribution is -0.157. The van der Waals surface area contributed by atoms with Gasteiger partial charge in [-0.05, 0) is 25.3 Å². The summed E-state index contributed by atoms with van der Waals surface area (Å²) in [6, 6.07) is 1.47. The molecule has 0 radical (unpaired) electrons. The van der Waals surface area contributed by atoms with E-state index in [4.69, 9.17) is 4.42 Å². The summed E-state index contributed by atoms with van der Waals surface area (Å²) in [4.78, 5) is 27.2. The molecule has 2 aliphatic rings. The summed E-state index contributed by atoms with van der Waals surface area (Å²) >= 11 is 0. The fourth-order valence-corrected chi connectivity index (χ4v) is 3.59. The van der Waals surface area contributed by atoms with Crippen LogP contribution in [-0.4, -0.2) is 28.3 Å². The van der Waals surface area contributed by atoms with Gasteiger partial charge in [0, 0.05) is 12.1 Å². The van der Waals surface area contributed by atoms with Crippen LogP contribution in [0, 0.1) is 0 Å². The maximum absolute atomic E-state index is 13.0. The van der Waals surface area contributed by atoms with Crippen molar-refractivity contribution in [3.63, 3.8) is 0 Å². The zero-order valence-corrected chi connectivity index (χ0v) is 12.4. The lowest BCUT2D eigenvalue weighted by Crippen LogP contribution is -2.70. The van der Waals surface area contributed by atoms with Crippen LogP contribution < -0.4 is 5.32 Å². The Hall–Kier alpha value is -1.78. The van der Waals surface area contributed by atoms with Crippen molar-refractivity contribution >= 4 is 11.8 Å². The summed E-state index contributed by atoms with van der Waals surface area (Å²) in [5.74, 6) is 0.0670. The van der Waals surface area contributed by atoms with E-state index in [2.05, 4.69) is 5.32 Å². The zero-order valence-electron chi connectivity index (χ0n) is 12.4. The SMILES string of the molecule is CCC1C(=O)NC2(CCCCC2)C(=O)N1Cc1ccoc1. The highest BCUT2D eigenvalue weighted by atomic mass is 16.3. The lowest BCUT2D eigenvalue weighted by Gasteiger charge is -2.47. The van der Waals surface area contributed by atoms with E-state index in [-0.39, 0.29) is 17.9 Å². The number of carbonyl (C=O) groups is 2. The summed E-state index contributed by atoms with van der Waals surface area (Å²) in [5, 5.41) is 3.04. The highest BCUT2D eigenvalue weighted by molar-refractivity contribution is 5.99. The Morgan fingerprint density at radius 1 is 1.33 bits per heavy atom. The highest BCUT2D eigenvalue weighted by Crippen LogP contribution is 2.34. The van der Waals surface area contributed by atoms with Gasteiger partial charge in [0.25, 0.3) is 0 Å². The minimum atomic E-state index is -0.662. The number of hydrogen-bond acceptors (Lipinski definition) is 3. The second kappa shape index (κ2) is 5.54. The quantitative estimate of drug-likeness (QED) is 0.928. The van der Waals surface area contributed by atoms with Gasteiger partial charge in [0.15, 0.2) is 0 Å². The molecule has 21 heavy (non-hydrogen) atoms. The third-order valence-electron chi connectivity index (χ3n) is 4.74. The number of rotatable bonds is 3. The fourth-order valence-electron chi connectivity index (χ4n) is 3.59. The molecule has 2 heterocycles. The van der Waals surface area contributed by atoms with Crippen LogP contribution in [-0.2, 0) is 16.1 Å². The topological polar surface area (TPSA) is 62.6 Å². The molecule has 1 aromatic heterocycles. The first-order valence-electron chi connectivity index (χ1n) is 7.80. The first kappa shape index (κ1) is 14.2. The second-order valence-electron chi connectivity index (χ2n) is 6.12. The van der Waals surface area contributed by atoms with E-state index in [0.29, 0.717) is 13.0 Å². The van der Waals surface area contributed by atoms with E-state index in [9.17, 15) is 9.59 Å². The van der Waals surface area contributed by atoms with Crippen molar-refractivity contribution in [2.24, 2.45) is 0 Å². The van der Waals surface area contributed by atoms with E-state index >= 15 is 0 Å². The van der Waals surface area contributed by atoms with E-state index in [1.807, 2.05) is 13.0 Å². The molecule has 1 unspecified atom stereocenters. The molecule has 5 heteroatoms. The van der Waals surface area contributed by atoms with Crippen molar-refractivity contribution in [1.82, 2.24) is 10.2 Å². The van der Waals surface area contributed by atoms with Gasteiger partial charge in [-0.25, -0.2) is 0 Å². The summed E-state index contributed by atoms with van der Waals surface area (Å²) < 4.78 is 5.09. The minimum Gasteiger partial charge on any atom is -0.472 e. The molecule has 1 spiro atoms. The van der Waals surface area contributed by atoms with Gasteiger partial charge in [0.2, 0.25) is 11.8 Å². The van der Waals surface area contributed by atoms with Crippen molar-refractivity contribution in [3.05, 3.63) is 24.2 Å². The Labute approximate surface area is 124 Å². The predicted molar refractivity (Wildman–Crippen MR) is 77.3 cm³/mol. The van der Waals surface area contributed by atoms with E-state index in [1.165, 1.54) is 0 Å². The highest BCUT2D eigenvalue weighted by Gasteiger charge is 2.50. The summed E-state index contributed by atoms with van der Waals surface area (Å²) in [5.41, 5.74) is 0.271. The van der Waals surface area contributed by atoms with Gasteiger partial charge in [-0.2, -0.15) is 0 Å². The van der Waals surface area contributed by atoms with Crippen molar-refractivity contribution in [2.45, 2.75) is 63.6 Å². The second-order valence-corrected chi connectivity index (χ2v) is 6.12. The normalized spacial score (nSPS) is 25.2. The van der Waals surface area contributed by atoms with Gasteiger partial charge >= 0.3 is 0 Å². The maximum atomic E-state index is 13.0. The van der Waals surface area contributed by atoms with Crippen LogP contribution in [0.25, 0.3) is 0 Å². The largest absolute Gasteiger partial charge is 0.472 e. The van der Waals surface area contributed by atoms with Crippen LogP contribution in [0.1, 0.15) is 51.0 Å². The van der Waals surface area contributed by atoms with Crippen LogP contribution in [0.5, 0.6) is 0 Å². The van der Waals surface area contributed by atoms with Crippen molar-refractivity contribution in [2.75, 3.05) is 0 Å². The van der Waals surface area contributed by atoms with Crippen LogP contribution in [0.3, 0.4) is 0 Å². The maximum Gasteiger partial charge on any atom is 0.249 e. The van der Waals surface area contributed by atoms with Crippen molar-refractivity contribution < 1.29 is 14.0 Å². The molecule has 0 bridgehead atoms. The summed E-state index contributed by atoms with van der Waals surface area (Å²) in [6.07, 6.45) is 8.53. The molecule has 114 valence electrons. The average Bonchev–Trinajstić information content (AvgIpc) is 2.99. The molecule has 1 aliphatic carbocycles. The van der Waals surface area contributed by atoms with Crippen molar-refractivity contribution in [3.8, 4) is 0 Å². The Morgan fingerprint density at radius 3 is 2.71 bits per heavy atom. The first-order valence-corrected chi connectivity index (χ1v) is 7.80. The Morgan fingerprint density at radius 2 is 2.10 bits per heavy atom. The summed E-state index contributed by atoms with van der Waals surface area (Å²) in [6.45, 7) is 2.39. The lowest BCUT2D eigenvalue weighted by atomic mass is 9.78. The molecule has 0 aromatic carbocycles. The van der Waals surface area contributed by atoms with Crippen LogP contribution in [0.2, 0.25) is 0 Å². The van der Waals surface area contributed by atoms with E-state index < -0.39 is 5.54 Å². The molecule has 1 aliphatic heterocycles. The monoisotopic (exact) mass is 290 g/mol. The number of nitrogens with one attached hydrogen (secondary N) is 1. The fraction of sp³-hybridized carbons (Fsp3) is 0.625. The number of nitrogens with zero attached hydrogens (tertiary/aromatic N) is 1. The number of furan rings is 1. The molecular formula is C16H22N2O3. The first-order chi connectivity index (χ1) is 10.2. The van der Waals surface area contributed by atoms with Gasteiger partial charge < -0.3 is 14.6 Å². The van der Waals surface area contributed by atoms with Gasteiger partial charge in [-0.15, -0.1) is 0 Å². The summed E-state index contributed by atoms with van der Waals surface area (Å²) in [7, 11) is 0. The van der Waals surface area contributed by atoms with Crippen molar-refractivity contribution in [1.29, 1.82) is 0 Å². The number of hydrogen-bond donors (Lipinski definition) is 1. The molecule has 2 amide bonds. The standard InChI is InChI=1S/C16H22N2O3/c1-2-13-14(19)17-16(7-4-3-5-8-16)15(20)18(13)10-12-6-9-21-11-12/h6,9,11,13H,2-5,7-8,10H2,1H3,(H,17,19). The third kappa shape index (κ3) is 2.45. The van der Waals surface area contributed by atoms with Crippen LogP contribution in [0.15, 0.2) is 23.0 Å². The molecule has 1 saturated heterocycles. The number of piperazine rings is 1. The molecule has 5 nitrogen and oxygen atoms in total. The average molecular weight is 290 g/mol. The minimum absolute atomic E-state index is 0.0116. The molecule has 2 fully saturated rings. The molecule has 1 atom stereocenters.